The first-order valence-corrected chi connectivity index (χ1v) is 7.90. The number of piperazine rings is 1. The monoisotopic (exact) mass is 319 g/mol. The van der Waals surface area contributed by atoms with E-state index < -0.39 is 0 Å². The lowest BCUT2D eigenvalue weighted by atomic mass is 10.1. The highest BCUT2D eigenvalue weighted by atomic mass is 16.7. The molecule has 0 spiro atoms. The summed E-state index contributed by atoms with van der Waals surface area (Å²) >= 11 is 0. The Morgan fingerprint density at radius 3 is 2.52 bits per heavy atom. The molecular weight excluding hydrogens is 298 g/mol. The number of benzene rings is 1. The third-order valence-corrected chi connectivity index (χ3v) is 4.00. The SMILES string of the molecule is CCCNC(=O)N1CCN(C(=O)c2ccc3c(c2)OCO3)CC1. The number of nitrogens with zero attached hydrogens (tertiary/aromatic N) is 2. The topological polar surface area (TPSA) is 71.1 Å². The standard InChI is InChI=1S/C16H21N3O4/c1-2-5-17-16(21)19-8-6-18(7-9-19)15(20)12-3-4-13-14(10-12)23-11-22-13/h3-4,10H,2,5-9,11H2,1H3,(H,17,21). The van der Waals surface area contributed by atoms with Crippen LogP contribution in [-0.4, -0.2) is 61.3 Å². The summed E-state index contributed by atoms with van der Waals surface area (Å²) < 4.78 is 10.6. The van der Waals surface area contributed by atoms with Crippen LogP contribution in [0.2, 0.25) is 0 Å². The molecule has 23 heavy (non-hydrogen) atoms. The summed E-state index contributed by atoms with van der Waals surface area (Å²) in [5.41, 5.74) is 0.582. The zero-order valence-electron chi connectivity index (χ0n) is 13.2. The molecule has 3 amide bonds. The Hall–Kier alpha value is -2.44. The van der Waals surface area contributed by atoms with Crippen molar-refractivity contribution in [1.29, 1.82) is 0 Å². The first-order valence-electron chi connectivity index (χ1n) is 7.90. The predicted octanol–water partition coefficient (Wildman–Crippen LogP) is 1.29. The van der Waals surface area contributed by atoms with E-state index in [9.17, 15) is 9.59 Å². The van der Waals surface area contributed by atoms with Gasteiger partial charge < -0.3 is 24.6 Å². The molecule has 2 heterocycles. The van der Waals surface area contributed by atoms with Crippen molar-refractivity contribution in [3.8, 4) is 11.5 Å². The number of nitrogens with one attached hydrogen (secondary N) is 1. The molecule has 0 radical (unpaired) electrons. The Balaban J connectivity index is 1.57. The van der Waals surface area contributed by atoms with Crippen LogP contribution >= 0.6 is 0 Å². The van der Waals surface area contributed by atoms with Gasteiger partial charge in [0.1, 0.15) is 0 Å². The smallest absolute Gasteiger partial charge is 0.317 e. The molecule has 1 aromatic carbocycles. The number of carbonyl (C=O) groups is 2. The highest BCUT2D eigenvalue weighted by Gasteiger charge is 2.25. The Morgan fingerprint density at radius 2 is 1.78 bits per heavy atom. The van der Waals surface area contributed by atoms with Crippen molar-refractivity contribution in [2.75, 3.05) is 39.5 Å². The van der Waals surface area contributed by atoms with Crippen molar-refractivity contribution in [2.45, 2.75) is 13.3 Å². The largest absolute Gasteiger partial charge is 0.454 e. The second kappa shape index (κ2) is 6.76. The Morgan fingerprint density at radius 1 is 1.09 bits per heavy atom. The van der Waals surface area contributed by atoms with Gasteiger partial charge in [-0.2, -0.15) is 0 Å². The minimum atomic E-state index is -0.0537. The number of hydrogen-bond donors (Lipinski definition) is 1. The molecule has 0 saturated carbocycles. The molecule has 1 saturated heterocycles. The first-order chi connectivity index (χ1) is 11.2. The van der Waals surface area contributed by atoms with E-state index in [4.69, 9.17) is 9.47 Å². The van der Waals surface area contributed by atoms with E-state index in [0.29, 0.717) is 49.8 Å². The normalized spacial score (nSPS) is 16.4. The average molecular weight is 319 g/mol. The second-order valence-electron chi connectivity index (χ2n) is 5.58. The van der Waals surface area contributed by atoms with Crippen LogP contribution in [-0.2, 0) is 0 Å². The number of ether oxygens (including phenoxy) is 2. The van der Waals surface area contributed by atoms with E-state index in [1.165, 1.54) is 0 Å². The van der Waals surface area contributed by atoms with Crippen molar-refractivity contribution in [3.63, 3.8) is 0 Å². The minimum Gasteiger partial charge on any atom is -0.454 e. The third kappa shape index (κ3) is 3.33. The van der Waals surface area contributed by atoms with Crippen molar-refractivity contribution >= 4 is 11.9 Å². The Bertz CT molecular complexity index is 597. The Kier molecular flexibility index (Phi) is 4.55. The lowest BCUT2D eigenvalue weighted by Crippen LogP contribution is -2.53. The van der Waals surface area contributed by atoms with Gasteiger partial charge in [-0.25, -0.2) is 4.79 Å². The quantitative estimate of drug-likeness (QED) is 0.911. The van der Waals surface area contributed by atoms with Crippen LogP contribution in [0, 0.1) is 0 Å². The molecular formula is C16H21N3O4. The van der Waals surface area contributed by atoms with Gasteiger partial charge in [0, 0.05) is 38.3 Å². The summed E-state index contributed by atoms with van der Waals surface area (Å²) in [6.07, 6.45) is 0.911. The molecule has 0 bridgehead atoms. The van der Waals surface area contributed by atoms with E-state index in [1.807, 2.05) is 6.92 Å². The first kappa shape index (κ1) is 15.5. The third-order valence-electron chi connectivity index (χ3n) is 4.00. The van der Waals surface area contributed by atoms with Crippen molar-refractivity contribution < 1.29 is 19.1 Å². The maximum absolute atomic E-state index is 12.6. The van der Waals surface area contributed by atoms with Crippen molar-refractivity contribution in [1.82, 2.24) is 15.1 Å². The fourth-order valence-corrected chi connectivity index (χ4v) is 2.67. The van der Waals surface area contributed by atoms with Gasteiger partial charge in [0.15, 0.2) is 11.5 Å². The van der Waals surface area contributed by atoms with Gasteiger partial charge in [-0.3, -0.25) is 4.79 Å². The maximum Gasteiger partial charge on any atom is 0.317 e. The lowest BCUT2D eigenvalue weighted by molar-refractivity contribution is 0.0665. The summed E-state index contributed by atoms with van der Waals surface area (Å²) in [6.45, 7) is 5.05. The molecule has 0 atom stereocenters. The number of urea groups is 1. The van der Waals surface area contributed by atoms with E-state index in [0.717, 1.165) is 6.42 Å². The fraction of sp³-hybridized carbons (Fsp3) is 0.500. The number of hydrogen-bond acceptors (Lipinski definition) is 4. The summed E-state index contributed by atoms with van der Waals surface area (Å²) in [4.78, 5) is 28.0. The molecule has 2 aliphatic heterocycles. The van der Waals surface area contributed by atoms with Gasteiger partial charge in [0.2, 0.25) is 6.79 Å². The number of fused-ring (bicyclic) bond motifs is 1. The summed E-state index contributed by atoms with van der Waals surface area (Å²) in [7, 11) is 0. The van der Waals surface area contributed by atoms with Gasteiger partial charge >= 0.3 is 6.03 Å². The van der Waals surface area contributed by atoms with E-state index in [1.54, 1.807) is 28.0 Å². The number of amides is 3. The molecule has 7 nitrogen and oxygen atoms in total. The molecule has 0 aromatic heterocycles. The van der Waals surface area contributed by atoms with E-state index in [2.05, 4.69) is 5.32 Å². The van der Waals surface area contributed by atoms with Gasteiger partial charge in [0.25, 0.3) is 5.91 Å². The summed E-state index contributed by atoms with van der Waals surface area (Å²) in [6, 6.07) is 5.16. The zero-order chi connectivity index (χ0) is 16.2. The Labute approximate surface area is 135 Å². The number of carbonyl (C=O) groups excluding carboxylic acids is 2. The second-order valence-corrected chi connectivity index (χ2v) is 5.58. The molecule has 0 unspecified atom stereocenters. The minimum absolute atomic E-state index is 0.0445. The van der Waals surface area contributed by atoms with E-state index in [-0.39, 0.29) is 18.7 Å². The van der Waals surface area contributed by atoms with Crippen molar-refractivity contribution in [2.24, 2.45) is 0 Å². The summed E-state index contributed by atoms with van der Waals surface area (Å²) in [5.74, 6) is 1.23. The molecule has 1 N–H and O–H groups in total. The molecule has 1 fully saturated rings. The van der Waals surface area contributed by atoms with Crippen molar-refractivity contribution in [3.05, 3.63) is 23.8 Å². The molecule has 2 aliphatic rings. The number of rotatable bonds is 3. The van der Waals surface area contributed by atoms with Gasteiger partial charge in [-0.15, -0.1) is 0 Å². The molecule has 0 aliphatic carbocycles. The summed E-state index contributed by atoms with van der Waals surface area (Å²) in [5, 5.41) is 2.86. The maximum atomic E-state index is 12.6. The molecule has 124 valence electrons. The predicted molar refractivity (Wildman–Crippen MR) is 83.7 cm³/mol. The van der Waals surface area contributed by atoms with Crippen LogP contribution in [0.1, 0.15) is 23.7 Å². The molecule has 1 aromatic rings. The average Bonchev–Trinajstić information content (AvgIpc) is 3.06. The van der Waals surface area contributed by atoms with Crippen LogP contribution < -0.4 is 14.8 Å². The van der Waals surface area contributed by atoms with Crippen LogP contribution in [0.5, 0.6) is 11.5 Å². The molecule has 3 rings (SSSR count). The van der Waals surface area contributed by atoms with Crippen LogP contribution in [0.3, 0.4) is 0 Å². The highest BCUT2D eigenvalue weighted by Crippen LogP contribution is 2.32. The van der Waals surface area contributed by atoms with Crippen LogP contribution in [0.25, 0.3) is 0 Å². The fourth-order valence-electron chi connectivity index (χ4n) is 2.67. The van der Waals surface area contributed by atoms with Gasteiger partial charge in [-0.05, 0) is 24.6 Å². The molecule has 7 heteroatoms. The highest BCUT2D eigenvalue weighted by molar-refractivity contribution is 5.95. The van der Waals surface area contributed by atoms with E-state index >= 15 is 0 Å². The lowest BCUT2D eigenvalue weighted by Gasteiger charge is -2.34. The van der Waals surface area contributed by atoms with Crippen LogP contribution in [0.4, 0.5) is 4.79 Å². The van der Waals surface area contributed by atoms with Crippen LogP contribution in [0.15, 0.2) is 18.2 Å². The van der Waals surface area contributed by atoms with Gasteiger partial charge in [-0.1, -0.05) is 6.92 Å². The van der Waals surface area contributed by atoms with Gasteiger partial charge in [0.05, 0.1) is 0 Å². The zero-order valence-corrected chi connectivity index (χ0v) is 13.2.